The second-order valence-electron chi connectivity index (χ2n) is 6.39. The molecule has 29 heavy (non-hydrogen) atoms. The molecular weight excluding hydrogens is 383 g/mol. The van der Waals surface area contributed by atoms with Crippen LogP contribution >= 0.6 is 0 Å². The number of aryl methyl sites for hydroxylation is 2. The molecule has 1 amide bonds. The Balaban J connectivity index is 1.72. The molecule has 0 aliphatic heterocycles. The average Bonchev–Trinajstić information content (AvgIpc) is 2.65. The molecule has 0 aliphatic rings. The topological polar surface area (TPSA) is 64.1 Å². The zero-order valence-corrected chi connectivity index (χ0v) is 15.7. The van der Waals surface area contributed by atoms with Crippen LogP contribution in [0.3, 0.4) is 0 Å². The van der Waals surface area contributed by atoms with Gasteiger partial charge in [-0.15, -0.1) is 0 Å². The van der Waals surface area contributed by atoms with E-state index in [1.807, 2.05) is 18.2 Å². The van der Waals surface area contributed by atoms with Crippen LogP contribution in [0.4, 0.5) is 18.9 Å². The van der Waals surface area contributed by atoms with Crippen LogP contribution in [0.1, 0.15) is 22.5 Å². The Bertz CT molecular complexity index is 998. The maximum Gasteiger partial charge on any atom is 0.416 e. The Hall–Kier alpha value is -3.42. The number of para-hydroxylation sites is 1. The fourth-order valence-electron chi connectivity index (χ4n) is 2.73. The molecule has 1 N–H and O–H groups in total. The van der Waals surface area contributed by atoms with E-state index in [1.54, 1.807) is 26.0 Å². The summed E-state index contributed by atoms with van der Waals surface area (Å²) in [6.07, 6.45) is -4.66. The summed E-state index contributed by atoms with van der Waals surface area (Å²) in [7, 11) is 0. The quantitative estimate of drug-likeness (QED) is 0.647. The zero-order chi connectivity index (χ0) is 21.0. The van der Waals surface area contributed by atoms with Gasteiger partial charge in [0.2, 0.25) is 5.91 Å². The Morgan fingerprint density at radius 2 is 1.66 bits per heavy atom. The molecule has 0 saturated carbocycles. The minimum absolute atomic E-state index is 0.141. The predicted octanol–water partition coefficient (Wildman–Crippen LogP) is 5.09. The first kappa shape index (κ1) is 20.3. The number of nitrogens with one attached hydrogen (secondary N) is 1. The smallest absolute Gasteiger partial charge is 0.416 e. The van der Waals surface area contributed by atoms with E-state index < -0.39 is 17.6 Å². The maximum atomic E-state index is 12.8. The zero-order valence-electron chi connectivity index (χ0n) is 15.7. The van der Waals surface area contributed by atoms with Crippen LogP contribution in [0, 0.1) is 13.8 Å². The van der Waals surface area contributed by atoms with Crippen molar-refractivity contribution in [1.29, 1.82) is 0 Å². The largest absolute Gasteiger partial charge is 0.424 e. The summed E-state index contributed by atoms with van der Waals surface area (Å²) >= 11 is 0. The highest BCUT2D eigenvalue weighted by molar-refractivity contribution is 5.93. The maximum absolute atomic E-state index is 12.8. The van der Waals surface area contributed by atoms with E-state index in [4.69, 9.17) is 4.74 Å². The lowest BCUT2D eigenvalue weighted by Crippen LogP contribution is -2.17. The summed E-state index contributed by atoms with van der Waals surface area (Å²) < 4.78 is 44.1. The number of amides is 1. The van der Waals surface area contributed by atoms with Crippen molar-refractivity contribution in [3.63, 3.8) is 0 Å². The van der Waals surface area contributed by atoms with Crippen molar-refractivity contribution in [1.82, 2.24) is 9.97 Å². The van der Waals surface area contributed by atoms with E-state index in [2.05, 4.69) is 15.3 Å². The number of rotatable bonds is 5. The fraction of sp³-hybridized carbons (Fsp3) is 0.190. The van der Waals surface area contributed by atoms with Gasteiger partial charge < -0.3 is 10.1 Å². The number of nitrogens with zero attached hydrogens (tertiary/aromatic N) is 2. The van der Waals surface area contributed by atoms with Crippen molar-refractivity contribution in [2.45, 2.75) is 26.4 Å². The van der Waals surface area contributed by atoms with E-state index in [0.29, 0.717) is 22.8 Å². The molecule has 5 nitrogen and oxygen atoms in total. The molecule has 1 aromatic heterocycles. The van der Waals surface area contributed by atoms with E-state index in [-0.39, 0.29) is 18.0 Å². The second kappa shape index (κ2) is 8.30. The predicted molar refractivity (Wildman–Crippen MR) is 102 cm³/mol. The van der Waals surface area contributed by atoms with E-state index in [1.165, 1.54) is 12.1 Å². The monoisotopic (exact) mass is 401 g/mol. The van der Waals surface area contributed by atoms with Gasteiger partial charge in [0.1, 0.15) is 5.75 Å². The van der Waals surface area contributed by atoms with Gasteiger partial charge in [0.25, 0.3) is 0 Å². The fourth-order valence-corrected chi connectivity index (χ4v) is 2.73. The Morgan fingerprint density at radius 3 is 2.28 bits per heavy atom. The number of aromatic nitrogens is 2. The second-order valence-corrected chi connectivity index (χ2v) is 6.39. The van der Waals surface area contributed by atoms with Gasteiger partial charge in [-0.3, -0.25) is 4.79 Å². The molecule has 2 aromatic carbocycles. The summed E-state index contributed by atoms with van der Waals surface area (Å²) in [5.74, 6) is 0.114. The van der Waals surface area contributed by atoms with E-state index >= 15 is 0 Å². The summed E-state index contributed by atoms with van der Waals surface area (Å²) in [6.45, 7) is 3.37. The van der Waals surface area contributed by atoms with Crippen molar-refractivity contribution in [3.05, 3.63) is 77.1 Å². The molecule has 0 atom stereocenters. The van der Waals surface area contributed by atoms with Crippen LogP contribution in [0.15, 0.2) is 54.6 Å². The van der Waals surface area contributed by atoms with Gasteiger partial charge in [0, 0.05) is 0 Å². The van der Waals surface area contributed by atoms with Crippen LogP contribution in [0.25, 0.3) is 0 Å². The molecule has 0 spiro atoms. The number of hydrogen-bond acceptors (Lipinski definition) is 4. The molecule has 0 bridgehead atoms. The summed E-state index contributed by atoms with van der Waals surface area (Å²) in [6, 6.07) is 13.8. The Kier molecular flexibility index (Phi) is 5.81. The van der Waals surface area contributed by atoms with E-state index in [9.17, 15) is 18.0 Å². The molecule has 3 aromatic rings. The minimum atomic E-state index is -4.46. The van der Waals surface area contributed by atoms with Gasteiger partial charge in [0.15, 0.2) is 0 Å². The molecule has 0 fully saturated rings. The number of ether oxygens (including phenoxy) is 1. The first-order chi connectivity index (χ1) is 13.7. The van der Waals surface area contributed by atoms with Crippen LogP contribution in [0.2, 0.25) is 0 Å². The highest BCUT2D eigenvalue weighted by atomic mass is 19.4. The van der Waals surface area contributed by atoms with Gasteiger partial charge in [-0.05, 0) is 37.6 Å². The van der Waals surface area contributed by atoms with Crippen LogP contribution in [-0.2, 0) is 17.4 Å². The third-order valence-electron chi connectivity index (χ3n) is 4.09. The highest BCUT2D eigenvalue weighted by Crippen LogP contribution is 2.30. The lowest BCUT2D eigenvalue weighted by molar-refractivity contribution is -0.137. The van der Waals surface area contributed by atoms with Crippen LogP contribution in [0.5, 0.6) is 11.8 Å². The summed E-state index contributed by atoms with van der Waals surface area (Å²) in [5.41, 5.74) is 0.850. The van der Waals surface area contributed by atoms with E-state index in [0.717, 1.165) is 12.1 Å². The SMILES string of the molecule is Cc1nc(Oc2ccccc2)nc(C)c1NC(=O)Cc1cccc(C(F)(F)F)c1. The molecule has 0 unspecified atom stereocenters. The van der Waals surface area contributed by atoms with Crippen molar-refractivity contribution in [2.24, 2.45) is 0 Å². The third-order valence-corrected chi connectivity index (χ3v) is 4.09. The normalized spacial score (nSPS) is 11.2. The first-order valence-corrected chi connectivity index (χ1v) is 8.76. The highest BCUT2D eigenvalue weighted by Gasteiger charge is 2.30. The third kappa shape index (κ3) is 5.31. The number of hydrogen-bond donors (Lipinski definition) is 1. The molecule has 0 radical (unpaired) electrons. The summed E-state index contributed by atoms with van der Waals surface area (Å²) in [4.78, 5) is 20.8. The lowest BCUT2D eigenvalue weighted by atomic mass is 10.1. The van der Waals surface area contributed by atoms with Gasteiger partial charge in [-0.1, -0.05) is 36.4 Å². The van der Waals surface area contributed by atoms with Gasteiger partial charge in [-0.2, -0.15) is 23.1 Å². The van der Waals surface area contributed by atoms with Crippen LogP contribution in [-0.4, -0.2) is 15.9 Å². The number of alkyl halides is 3. The van der Waals surface area contributed by atoms with Crippen molar-refractivity contribution < 1.29 is 22.7 Å². The Labute approximate surface area is 165 Å². The van der Waals surface area contributed by atoms with Gasteiger partial charge in [0.05, 0.1) is 29.1 Å². The molecule has 3 rings (SSSR count). The molecule has 0 saturated heterocycles. The molecule has 0 aliphatic carbocycles. The average molecular weight is 401 g/mol. The van der Waals surface area contributed by atoms with Gasteiger partial charge in [-0.25, -0.2) is 0 Å². The molecule has 1 heterocycles. The molecule has 150 valence electrons. The number of carbonyl (C=O) groups is 1. The van der Waals surface area contributed by atoms with Crippen LogP contribution < -0.4 is 10.1 Å². The van der Waals surface area contributed by atoms with Crippen molar-refractivity contribution in [2.75, 3.05) is 5.32 Å². The Morgan fingerprint density at radius 1 is 1.00 bits per heavy atom. The van der Waals surface area contributed by atoms with Crippen molar-refractivity contribution >= 4 is 11.6 Å². The first-order valence-electron chi connectivity index (χ1n) is 8.76. The van der Waals surface area contributed by atoms with Gasteiger partial charge >= 0.3 is 12.2 Å². The number of carbonyl (C=O) groups excluding carboxylic acids is 1. The standard InChI is InChI=1S/C21H18F3N3O2/c1-13-19(14(2)26-20(25-13)29-17-9-4-3-5-10-17)27-18(28)12-15-7-6-8-16(11-15)21(22,23)24/h3-11H,12H2,1-2H3,(H,27,28). The molecule has 8 heteroatoms. The van der Waals surface area contributed by atoms with Crippen molar-refractivity contribution in [3.8, 4) is 11.8 Å². The minimum Gasteiger partial charge on any atom is -0.424 e. The summed E-state index contributed by atoms with van der Waals surface area (Å²) in [5, 5.41) is 2.68. The number of anilines is 1. The molecular formula is C21H18F3N3O2. The lowest BCUT2D eigenvalue weighted by Gasteiger charge is -2.13. The number of benzene rings is 2. The number of halogens is 3.